The summed E-state index contributed by atoms with van der Waals surface area (Å²) in [6.07, 6.45) is 4.16. The van der Waals surface area contributed by atoms with E-state index in [0.717, 1.165) is 34.4 Å². The highest BCUT2D eigenvalue weighted by molar-refractivity contribution is 7.15. The summed E-state index contributed by atoms with van der Waals surface area (Å²) in [5, 5.41) is 16.2. The minimum absolute atomic E-state index is 0.124. The van der Waals surface area contributed by atoms with Crippen molar-refractivity contribution in [3.8, 4) is 0 Å². The summed E-state index contributed by atoms with van der Waals surface area (Å²) in [6.45, 7) is 1.65. The molecule has 2 amide bonds. The summed E-state index contributed by atoms with van der Waals surface area (Å²) < 4.78 is 1.85. The molecule has 0 saturated heterocycles. The Morgan fingerprint density at radius 2 is 2.08 bits per heavy atom. The first-order chi connectivity index (χ1) is 12.1. The van der Waals surface area contributed by atoms with Gasteiger partial charge in [0.25, 0.3) is 0 Å². The number of carbonyl (C=O) groups is 2. The monoisotopic (exact) mass is 355 g/mol. The molecule has 2 aromatic heterocycles. The lowest BCUT2D eigenvalue weighted by Gasteiger charge is -2.07. The van der Waals surface area contributed by atoms with Crippen LogP contribution >= 0.6 is 11.3 Å². The van der Waals surface area contributed by atoms with Crippen molar-refractivity contribution in [1.29, 1.82) is 0 Å². The number of nitrogens with zero attached hydrogens (tertiary/aromatic N) is 3. The second-order valence-electron chi connectivity index (χ2n) is 6.13. The number of rotatable bonds is 5. The third kappa shape index (κ3) is 3.39. The van der Waals surface area contributed by atoms with E-state index in [0.29, 0.717) is 11.0 Å². The van der Waals surface area contributed by atoms with Gasteiger partial charge in [-0.15, -0.1) is 10.2 Å². The number of nitrogens with one attached hydrogen (secondary N) is 2. The topological polar surface area (TPSA) is 88.9 Å². The smallest absolute Gasteiger partial charge is 0.246 e. The molecule has 1 aromatic carbocycles. The lowest BCUT2D eigenvalue weighted by molar-refractivity contribution is -0.116. The Morgan fingerprint density at radius 3 is 2.84 bits per heavy atom. The Balaban J connectivity index is 1.49. The molecule has 25 heavy (non-hydrogen) atoms. The molecule has 0 atom stereocenters. The van der Waals surface area contributed by atoms with Gasteiger partial charge in [0.1, 0.15) is 11.6 Å². The molecule has 0 aliphatic heterocycles. The van der Waals surface area contributed by atoms with Crippen LogP contribution in [-0.4, -0.2) is 26.6 Å². The van der Waals surface area contributed by atoms with Crippen molar-refractivity contribution in [1.82, 2.24) is 14.8 Å². The number of benzene rings is 1. The zero-order valence-electron chi connectivity index (χ0n) is 13.7. The molecule has 1 fully saturated rings. The van der Waals surface area contributed by atoms with E-state index < -0.39 is 0 Å². The average molecular weight is 355 g/mol. The highest BCUT2D eigenvalue weighted by atomic mass is 32.1. The fourth-order valence-electron chi connectivity index (χ4n) is 2.75. The fraction of sp³-hybridized carbons (Fsp3) is 0.294. The number of hydrogen-bond acceptors (Lipinski definition) is 5. The minimum Gasteiger partial charge on any atom is -0.338 e. The number of carbonyl (C=O) groups excluding carboxylic acids is 2. The van der Waals surface area contributed by atoms with Gasteiger partial charge in [0.05, 0.1) is 11.2 Å². The molecule has 0 unspecified atom stereocenters. The summed E-state index contributed by atoms with van der Waals surface area (Å²) in [5.41, 5.74) is 1.62. The Bertz CT molecular complexity index is 957. The number of hydrogen-bond donors (Lipinski definition) is 2. The quantitative estimate of drug-likeness (QED) is 0.736. The van der Waals surface area contributed by atoms with E-state index in [9.17, 15) is 9.59 Å². The zero-order chi connectivity index (χ0) is 17.4. The summed E-state index contributed by atoms with van der Waals surface area (Å²) in [7, 11) is 0. The van der Waals surface area contributed by atoms with Crippen molar-refractivity contribution in [3.05, 3.63) is 35.5 Å². The van der Waals surface area contributed by atoms with Crippen molar-refractivity contribution < 1.29 is 9.59 Å². The second kappa shape index (κ2) is 6.29. The Kier molecular flexibility index (Phi) is 3.96. The minimum atomic E-state index is -0.152. The Morgan fingerprint density at radius 1 is 1.24 bits per heavy atom. The van der Waals surface area contributed by atoms with Gasteiger partial charge >= 0.3 is 0 Å². The SMILES string of the molecule is CC(=O)Nc1cccc2c1ccn2CC(=O)Nc1nnc(C2CC2)s1. The van der Waals surface area contributed by atoms with E-state index in [4.69, 9.17) is 0 Å². The van der Waals surface area contributed by atoms with Crippen LogP contribution in [0.1, 0.15) is 30.7 Å². The molecular weight excluding hydrogens is 338 g/mol. The molecule has 2 heterocycles. The maximum atomic E-state index is 12.3. The summed E-state index contributed by atoms with van der Waals surface area (Å²) in [6, 6.07) is 7.51. The highest BCUT2D eigenvalue weighted by Gasteiger charge is 2.27. The van der Waals surface area contributed by atoms with E-state index in [-0.39, 0.29) is 18.4 Å². The first-order valence-electron chi connectivity index (χ1n) is 8.09. The van der Waals surface area contributed by atoms with Crippen LogP contribution in [0.4, 0.5) is 10.8 Å². The van der Waals surface area contributed by atoms with Crippen LogP contribution in [0.5, 0.6) is 0 Å². The lowest BCUT2D eigenvalue weighted by atomic mass is 10.2. The van der Waals surface area contributed by atoms with Gasteiger partial charge in [0.2, 0.25) is 16.9 Å². The third-order valence-corrected chi connectivity index (χ3v) is 5.05. The largest absolute Gasteiger partial charge is 0.338 e. The van der Waals surface area contributed by atoms with Crippen molar-refractivity contribution in [2.45, 2.75) is 32.2 Å². The van der Waals surface area contributed by atoms with E-state index in [1.807, 2.05) is 35.0 Å². The van der Waals surface area contributed by atoms with Gasteiger partial charge in [-0.05, 0) is 31.0 Å². The normalized spacial score (nSPS) is 13.8. The van der Waals surface area contributed by atoms with Crippen LogP contribution in [0.25, 0.3) is 10.9 Å². The molecule has 1 saturated carbocycles. The maximum Gasteiger partial charge on any atom is 0.246 e. The van der Waals surface area contributed by atoms with Crippen molar-refractivity contribution in [2.75, 3.05) is 10.6 Å². The van der Waals surface area contributed by atoms with Gasteiger partial charge in [-0.1, -0.05) is 17.4 Å². The Hall–Kier alpha value is -2.74. The van der Waals surface area contributed by atoms with Gasteiger partial charge in [-0.25, -0.2) is 0 Å². The lowest BCUT2D eigenvalue weighted by Crippen LogP contribution is -2.18. The van der Waals surface area contributed by atoms with Crippen LogP contribution in [0.3, 0.4) is 0 Å². The van der Waals surface area contributed by atoms with E-state index in [2.05, 4.69) is 20.8 Å². The third-order valence-electron chi connectivity index (χ3n) is 4.05. The molecular formula is C17H17N5O2S. The van der Waals surface area contributed by atoms with Gasteiger partial charge in [0, 0.05) is 24.4 Å². The summed E-state index contributed by atoms with van der Waals surface area (Å²) in [5.74, 6) is 0.255. The van der Waals surface area contributed by atoms with Gasteiger partial charge in [0.15, 0.2) is 0 Å². The fourth-order valence-corrected chi connectivity index (χ4v) is 3.68. The Labute approximate surface area is 148 Å². The predicted molar refractivity (Wildman–Crippen MR) is 96.8 cm³/mol. The van der Waals surface area contributed by atoms with Crippen LogP contribution < -0.4 is 10.6 Å². The van der Waals surface area contributed by atoms with Crippen LogP contribution in [0, 0.1) is 0 Å². The summed E-state index contributed by atoms with van der Waals surface area (Å²) >= 11 is 1.45. The molecule has 128 valence electrons. The standard InChI is InChI=1S/C17H17N5O2S/c1-10(23)18-13-3-2-4-14-12(13)7-8-22(14)9-15(24)19-17-21-20-16(25-17)11-5-6-11/h2-4,7-8,11H,5-6,9H2,1H3,(H,18,23)(H,19,21,24). The van der Waals surface area contributed by atoms with Crippen LogP contribution in [0.2, 0.25) is 0 Å². The van der Waals surface area contributed by atoms with Crippen molar-refractivity contribution >= 4 is 44.9 Å². The zero-order valence-corrected chi connectivity index (χ0v) is 14.5. The molecule has 4 rings (SSSR count). The van der Waals surface area contributed by atoms with Gasteiger partial charge < -0.3 is 9.88 Å². The average Bonchev–Trinajstić information content (AvgIpc) is 3.18. The molecule has 0 radical (unpaired) electrons. The highest BCUT2D eigenvalue weighted by Crippen LogP contribution is 2.42. The maximum absolute atomic E-state index is 12.3. The van der Waals surface area contributed by atoms with Crippen molar-refractivity contribution in [3.63, 3.8) is 0 Å². The number of amides is 2. The van der Waals surface area contributed by atoms with E-state index in [1.165, 1.54) is 18.3 Å². The van der Waals surface area contributed by atoms with Gasteiger partial charge in [-0.2, -0.15) is 0 Å². The molecule has 0 bridgehead atoms. The van der Waals surface area contributed by atoms with Crippen LogP contribution in [-0.2, 0) is 16.1 Å². The molecule has 8 heteroatoms. The number of anilines is 2. The molecule has 1 aliphatic rings. The summed E-state index contributed by atoms with van der Waals surface area (Å²) in [4.78, 5) is 23.6. The second-order valence-corrected chi connectivity index (χ2v) is 7.14. The molecule has 3 aromatic rings. The first kappa shape index (κ1) is 15.8. The molecule has 1 aliphatic carbocycles. The van der Waals surface area contributed by atoms with Gasteiger partial charge in [-0.3, -0.25) is 14.9 Å². The van der Waals surface area contributed by atoms with E-state index in [1.54, 1.807) is 0 Å². The molecule has 2 N–H and O–H groups in total. The predicted octanol–water partition coefficient (Wildman–Crippen LogP) is 2.97. The number of fused-ring (bicyclic) bond motifs is 1. The molecule has 0 spiro atoms. The van der Waals surface area contributed by atoms with E-state index >= 15 is 0 Å². The van der Waals surface area contributed by atoms with Crippen LogP contribution in [0.15, 0.2) is 30.5 Å². The molecule has 7 nitrogen and oxygen atoms in total. The first-order valence-corrected chi connectivity index (χ1v) is 8.90. The van der Waals surface area contributed by atoms with Crippen molar-refractivity contribution in [2.24, 2.45) is 0 Å². The number of aromatic nitrogens is 3.